The van der Waals surface area contributed by atoms with E-state index in [1.807, 2.05) is 0 Å². The number of nitrogens with two attached hydrogens (primary N) is 2. The van der Waals surface area contributed by atoms with Gasteiger partial charge < -0.3 is 20.9 Å². The zero-order valence-corrected chi connectivity index (χ0v) is 12.9. The molecule has 0 aliphatic heterocycles. The van der Waals surface area contributed by atoms with Gasteiger partial charge in [0.15, 0.2) is 5.41 Å². The number of para-hydroxylation sites is 2. The molecule has 4 N–H and O–H groups in total. The van der Waals surface area contributed by atoms with Crippen molar-refractivity contribution < 1.29 is 19.1 Å². The number of rotatable bonds is 6. The predicted molar refractivity (Wildman–Crippen MR) is 85.2 cm³/mol. The number of hydrogen-bond donors (Lipinski definition) is 2. The topological polar surface area (TPSA) is 105 Å². The van der Waals surface area contributed by atoms with E-state index in [2.05, 4.69) is 0 Å². The molecule has 0 aliphatic carbocycles. The lowest BCUT2D eigenvalue weighted by atomic mass is 9.72. The molecule has 0 aromatic heterocycles. The van der Waals surface area contributed by atoms with Crippen molar-refractivity contribution in [3.05, 3.63) is 59.7 Å². The summed E-state index contributed by atoms with van der Waals surface area (Å²) in [5, 5.41) is 0. The van der Waals surface area contributed by atoms with Crippen LogP contribution in [0.25, 0.3) is 0 Å². The molecule has 0 radical (unpaired) electrons. The molecule has 2 aromatic rings. The number of hydrogen-bond acceptors (Lipinski definition) is 4. The summed E-state index contributed by atoms with van der Waals surface area (Å²) >= 11 is 0. The Kier molecular flexibility index (Phi) is 4.55. The molecule has 6 heteroatoms. The first-order valence-corrected chi connectivity index (χ1v) is 6.87. The van der Waals surface area contributed by atoms with Crippen LogP contribution in [0.5, 0.6) is 11.5 Å². The molecule has 6 nitrogen and oxygen atoms in total. The van der Waals surface area contributed by atoms with Gasteiger partial charge in [-0.15, -0.1) is 0 Å². The lowest BCUT2D eigenvalue weighted by Crippen LogP contribution is -2.52. The molecule has 2 rings (SSSR count). The number of primary amides is 2. The van der Waals surface area contributed by atoms with Crippen LogP contribution in [0.3, 0.4) is 0 Å². The van der Waals surface area contributed by atoms with E-state index in [1.54, 1.807) is 48.5 Å². The van der Waals surface area contributed by atoms with E-state index >= 15 is 0 Å². The Labute approximate surface area is 134 Å². The summed E-state index contributed by atoms with van der Waals surface area (Å²) in [6, 6.07) is 13.2. The summed E-state index contributed by atoms with van der Waals surface area (Å²) in [5.41, 5.74) is 9.90. The minimum atomic E-state index is -1.90. The van der Waals surface area contributed by atoms with Crippen LogP contribution in [0.15, 0.2) is 48.5 Å². The normalized spacial score (nSPS) is 10.9. The number of ether oxygens (including phenoxy) is 2. The molecule has 2 amide bonds. The van der Waals surface area contributed by atoms with Crippen molar-refractivity contribution in [2.24, 2.45) is 11.5 Å². The van der Waals surface area contributed by atoms with Gasteiger partial charge in [0.05, 0.1) is 14.2 Å². The standard InChI is InChI=1S/C17H18N2O4/c1-22-13-9-5-3-7-11(13)17(15(18)20,16(19)21)12-8-4-6-10-14(12)23-2/h3-10H,1-2H3,(H2,18,20)(H2,19,21). The molecule has 0 saturated carbocycles. The second-order valence-corrected chi connectivity index (χ2v) is 4.88. The second-order valence-electron chi connectivity index (χ2n) is 4.88. The van der Waals surface area contributed by atoms with Gasteiger partial charge in [0, 0.05) is 11.1 Å². The van der Waals surface area contributed by atoms with Gasteiger partial charge in [0.2, 0.25) is 11.8 Å². The van der Waals surface area contributed by atoms with Crippen LogP contribution in [0.1, 0.15) is 11.1 Å². The Hall–Kier alpha value is -3.02. The van der Waals surface area contributed by atoms with Crippen molar-refractivity contribution in [2.75, 3.05) is 14.2 Å². The summed E-state index contributed by atoms with van der Waals surface area (Å²) < 4.78 is 10.6. The van der Waals surface area contributed by atoms with Crippen LogP contribution in [-0.4, -0.2) is 26.0 Å². The van der Waals surface area contributed by atoms with Crippen LogP contribution in [0.2, 0.25) is 0 Å². The van der Waals surface area contributed by atoms with Gasteiger partial charge in [-0.3, -0.25) is 9.59 Å². The van der Waals surface area contributed by atoms with Crippen LogP contribution in [-0.2, 0) is 15.0 Å². The van der Waals surface area contributed by atoms with Crippen molar-refractivity contribution in [1.29, 1.82) is 0 Å². The molecule has 0 spiro atoms. The number of carbonyl (C=O) groups excluding carboxylic acids is 2. The molecule has 23 heavy (non-hydrogen) atoms. The molecule has 2 aromatic carbocycles. The van der Waals surface area contributed by atoms with Gasteiger partial charge in [-0.2, -0.15) is 0 Å². The van der Waals surface area contributed by atoms with E-state index in [0.717, 1.165) is 0 Å². The van der Waals surface area contributed by atoms with Gasteiger partial charge in [0.25, 0.3) is 0 Å². The van der Waals surface area contributed by atoms with Gasteiger partial charge in [-0.05, 0) is 12.1 Å². The SMILES string of the molecule is COc1ccccc1C(C(N)=O)(C(N)=O)c1ccccc1OC. The quantitative estimate of drug-likeness (QED) is 0.775. The Balaban J connectivity index is 2.92. The molecule has 120 valence electrons. The fraction of sp³-hybridized carbons (Fsp3) is 0.176. The van der Waals surface area contributed by atoms with Gasteiger partial charge >= 0.3 is 0 Å². The third-order valence-corrected chi connectivity index (χ3v) is 3.76. The molecule has 0 saturated heterocycles. The highest BCUT2D eigenvalue weighted by molar-refractivity contribution is 6.14. The van der Waals surface area contributed by atoms with Gasteiger partial charge in [0.1, 0.15) is 11.5 Å². The first-order chi connectivity index (χ1) is 11.0. The molecule has 0 heterocycles. The largest absolute Gasteiger partial charge is 0.496 e. The summed E-state index contributed by atoms with van der Waals surface area (Å²) in [4.78, 5) is 24.8. The second kappa shape index (κ2) is 6.39. The minimum Gasteiger partial charge on any atom is -0.496 e. The minimum absolute atomic E-state index is 0.270. The molecular formula is C17H18N2O4. The monoisotopic (exact) mass is 314 g/mol. The number of carbonyl (C=O) groups is 2. The fourth-order valence-electron chi connectivity index (χ4n) is 2.71. The zero-order chi connectivity index (χ0) is 17.0. The average Bonchev–Trinajstić information content (AvgIpc) is 2.55. The van der Waals surface area contributed by atoms with Crippen molar-refractivity contribution in [3.8, 4) is 11.5 Å². The van der Waals surface area contributed by atoms with Crippen molar-refractivity contribution >= 4 is 11.8 Å². The number of amides is 2. The van der Waals surface area contributed by atoms with Crippen LogP contribution in [0.4, 0.5) is 0 Å². The number of benzene rings is 2. The van der Waals surface area contributed by atoms with E-state index in [1.165, 1.54) is 14.2 Å². The Morgan fingerprint density at radius 1 is 0.783 bits per heavy atom. The van der Waals surface area contributed by atoms with Gasteiger partial charge in [-0.1, -0.05) is 36.4 Å². The Bertz CT molecular complexity index is 679. The van der Waals surface area contributed by atoms with Crippen LogP contribution < -0.4 is 20.9 Å². The van der Waals surface area contributed by atoms with Crippen LogP contribution in [0, 0.1) is 0 Å². The van der Waals surface area contributed by atoms with Crippen molar-refractivity contribution in [1.82, 2.24) is 0 Å². The maximum atomic E-state index is 12.4. The summed E-state index contributed by atoms with van der Waals surface area (Å²) in [6.45, 7) is 0. The van der Waals surface area contributed by atoms with Gasteiger partial charge in [-0.25, -0.2) is 0 Å². The van der Waals surface area contributed by atoms with E-state index in [4.69, 9.17) is 20.9 Å². The Morgan fingerprint density at radius 3 is 1.43 bits per heavy atom. The summed E-state index contributed by atoms with van der Waals surface area (Å²) in [6.07, 6.45) is 0. The molecule has 0 unspecified atom stereocenters. The maximum Gasteiger partial charge on any atom is 0.242 e. The molecule has 0 bridgehead atoms. The third kappa shape index (κ3) is 2.48. The molecular weight excluding hydrogens is 296 g/mol. The van der Waals surface area contributed by atoms with Crippen LogP contribution >= 0.6 is 0 Å². The average molecular weight is 314 g/mol. The lowest BCUT2D eigenvalue weighted by Gasteiger charge is -2.30. The summed E-state index contributed by atoms with van der Waals surface area (Å²) in [7, 11) is 2.88. The van der Waals surface area contributed by atoms with E-state index in [-0.39, 0.29) is 11.1 Å². The predicted octanol–water partition coefficient (Wildman–Crippen LogP) is 0.960. The highest BCUT2D eigenvalue weighted by Crippen LogP contribution is 2.41. The smallest absolute Gasteiger partial charge is 0.242 e. The van der Waals surface area contributed by atoms with Crippen molar-refractivity contribution in [2.45, 2.75) is 5.41 Å². The summed E-state index contributed by atoms with van der Waals surface area (Å²) in [5.74, 6) is -1.15. The molecule has 0 fully saturated rings. The van der Waals surface area contributed by atoms with Crippen molar-refractivity contribution in [3.63, 3.8) is 0 Å². The first kappa shape index (κ1) is 16.4. The third-order valence-electron chi connectivity index (χ3n) is 3.76. The Morgan fingerprint density at radius 2 is 1.13 bits per heavy atom. The first-order valence-electron chi connectivity index (χ1n) is 6.87. The zero-order valence-electron chi connectivity index (χ0n) is 12.9. The molecule has 0 aliphatic rings. The number of methoxy groups -OCH3 is 2. The van der Waals surface area contributed by atoms with E-state index < -0.39 is 17.2 Å². The highest BCUT2D eigenvalue weighted by Gasteiger charge is 2.50. The maximum absolute atomic E-state index is 12.4. The van der Waals surface area contributed by atoms with E-state index in [0.29, 0.717) is 11.5 Å². The fourth-order valence-corrected chi connectivity index (χ4v) is 2.71. The lowest BCUT2D eigenvalue weighted by molar-refractivity contribution is -0.132. The van der Waals surface area contributed by atoms with E-state index in [9.17, 15) is 9.59 Å². The molecule has 0 atom stereocenters. The highest BCUT2D eigenvalue weighted by atomic mass is 16.5.